The van der Waals surface area contributed by atoms with Crippen molar-refractivity contribution in [2.75, 3.05) is 6.61 Å². The molecule has 0 unspecified atom stereocenters. The molecule has 1 amide bonds. The van der Waals surface area contributed by atoms with Crippen molar-refractivity contribution in [2.45, 2.75) is 73.1 Å². The largest absolute Gasteiger partial charge is 0.483 e. The fourth-order valence-electron chi connectivity index (χ4n) is 3.77. The van der Waals surface area contributed by atoms with Crippen molar-refractivity contribution in [1.29, 1.82) is 0 Å². The Morgan fingerprint density at radius 3 is 2.77 bits per heavy atom. The van der Waals surface area contributed by atoms with Gasteiger partial charge in [-0.2, -0.15) is 5.10 Å². The van der Waals surface area contributed by atoms with Gasteiger partial charge in [0.05, 0.1) is 0 Å². The zero-order valence-corrected chi connectivity index (χ0v) is 19.5. The fraction of sp³-hybridized carbons (Fsp3) is 0.538. The molecule has 1 N–H and O–H groups in total. The maximum atomic E-state index is 12.2. The third kappa shape index (κ3) is 7.81. The summed E-state index contributed by atoms with van der Waals surface area (Å²) in [6.45, 7) is 12.8. The predicted octanol–water partition coefficient (Wildman–Crippen LogP) is 6.32. The van der Waals surface area contributed by atoms with E-state index < -0.39 is 0 Å². The van der Waals surface area contributed by atoms with Crippen LogP contribution < -0.4 is 10.2 Å². The second-order valence-electron chi connectivity index (χ2n) is 9.06. The fourth-order valence-corrected chi connectivity index (χ4v) is 3.77. The normalized spacial score (nSPS) is 19.0. The summed E-state index contributed by atoms with van der Waals surface area (Å²) in [4.78, 5) is 12.2. The van der Waals surface area contributed by atoms with Gasteiger partial charge in [0.15, 0.2) is 6.61 Å². The highest BCUT2D eigenvalue weighted by Gasteiger charge is 2.20. The lowest BCUT2D eigenvalue weighted by molar-refractivity contribution is -0.123. The zero-order chi connectivity index (χ0) is 22.1. The van der Waals surface area contributed by atoms with Crippen LogP contribution in [0, 0.1) is 18.8 Å². The van der Waals surface area contributed by atoms with E-state index >= 15 is 0 Å². The summed E-state index contributed by atoms with van der Waals surface area (Å²) in [7, 11) is 0. The average Bonchev–Trinajstić information content (AvgIpc) is 2.67. The monoisotopic (exact) mass is 410 g/mol. The molecule has 0 bridgehead atoms. The van der Waals surface area contributed by atoms with Crippen molar-refractivity contribution in [3.8, 4) is 5.75 Å². The average molecular weight is 411 g/mol. The highest BCUT2D eigenvalue weighted by molar-refractivity contribution is 5.78. The van der Waals surface area contributed by atoms with E-state index in [-0.39, 0.29) is 12.5 Å². The Morgan fingerprint density at radius 1 is 1.33 bits per heavy atom. The first-order valence-corrected chi connectivity index (χ1v) is 11.1. The molecule has 4 nitrogen and oxygen atoms in total. The summed E-state index contributed by atoms with van der Waals surface area (Å²) >= 11 is 0. The molecule has 4 heteroatoms. The van der Waals surface area contributed by atoms with E-state index in [0.717, 1.165) is 42.6 Å². The van der Waals surface area contributed by atoms with Gasteiger partial charge in [0.1, 0.15) is 5.75 Å². The number of nitrogens with one attached hydrogen (secondary N) is 1. The van der Waals surface area contributed by atoms with Crippen LogP contribution in [-0.4, -0.2) is 18.7 Å². The highest BCUT2D eigenvalue weighted by atomic mass is 16.5. The van der Waals surface area contributed by atoms with Gasteiger partial charge in [0, 0.05) is 12.1 Å². The molecule has 1 aliphatic carbocycles. The van der Waals surface area contributed by atoms with Crippen molar-refractivity contribution >= 4 is 12.1 Å². The summed E-state index contributed by atoms with van der Waals surface area (Å²) in [5.41, 5.74) is 7.77. The number of aryl methyl sites for hydroxylation is 1. The van der Waals surface area contributed by atoms with E-state index in [0.29, 0.717) is 17.8 Å². The minimum Gasteiger partial charge on any atom is -0.483 e. The number of allylic oxidation sites excluding steroid dienone is 4. The van der Waals surface area contributed by atoms with Crippen LogP contribution in [0.4, 0.5) is 0 Å². The Hall–Kier alpha value is -2.36. The summed E-state index contributed by atoms with van der Waals surface area (Å²) in [5.74, 6) is 1.78. The predicted molar refractivity (Wildman–Crippen MR) is 126 cm³/mol. The molecule has 0 heterocycles. The lowest BCUT2D eigenvalue weighted by atomic mass is 9.80. The Kier molecular flexibility index (Phi) is 9.35. The molecule has 30 heavy (non-hydrogen) atoms. The molecule has 1 aliphatic rings. The highest BCUT2D eigenvalue weighted by Crippen LogP contribution is 2.30. The maximum absolute atomic E-state index is 12.2. The number of amides is 1. The molecule has 0 fully saturated rings. The van der Waals surface area contributed by atoms with Crippen LogP contribution in [0.2, 0.25) is 0 Å². The quantitative estimate of drug-likeness (QED) is 0.294. The van der Waals surface area contributed by atoms with Crippen LogP contribution in [-0.2, 0) is 4.79 Å². The van der Waals surface area contributed by atoms with E-state index in [9.17, 15) is 4.79 Å². The minimum atomic E-state index is -0.233. The van der Waals surface area contributed by atoms with Crippen LogP contribution in [0.3, 0.4) is 0 Å². The molecule has 2 rings (SSSR count). The van der Waals surface area contributed by atoms with E-state index in [1.54, 1.807) is 5.57 Å². The van der Waals surface area contributed by atoms with Crippen molar-refractivity contribution in [3.05, 3.63) is 52.6 Å². The van der Waals surface area contributed by atoms with Gasteiger partial charge in [-0.25, -0.2) is 5.43 Å². The maximum Gasteiger partial charge on any atom is 0.277 e. The van der Waals surface area contributed by atoms with Gasteiger partial charge in [0.2, 0.25) is 0 Å². The van der Waals surface area contributed by atoms with Crippen LogP contribution >= 0.6 is 0 Å². The molecule has 164 valence electrons. The number of rotatable bonds is 9. The lowest BCUT2D eigenvalue weighted by Gasteiger charge is -2.25. The molecule has 2 atom stereocenters. The first-order valence-electron chi connectivity index (χ1n) is 11.1. The number of carbonyl (C=O) groups excluding carboxylic acids is 1. The molecule has 1 aromatic rings. The number of carbonyl (C=O) groups is 1. The summed E-state index contributed by atoms with van der Waals surface area (Å²) < 4.78 is 5.77. The van der Waals surface area contributed by atoms with Gasteiger partial charge in [-0.05, 0) is 75.5 Å². The van der Waals surface area contributed by atoms with Crippen LogP contribution in [0.5, 0.6) is 5.75 Å². The Balaban J connectivity index is 1.80. The number of ether oxygens (including phenoxy) is 1. The SMILES string of the molecule is CC(C)=CCCC1=CC[C@H](/C=N\NC(=O)COc2cc(C)ccc2C(C)C)[C@H](C)C1. The van der Waals surface area contributed by atoms with Crippen LogP contribution in [0.15, 0.2) is 46.6 Å². The van der Waals surface area contributed by atoms with E-state index in [1.165, 1.54) is 5.57 Å². The third-order valence-electron chi connectivity index (χ3n) is 5.62. The smallest absolute Gasteiger partial charge is 0.277 e. The Bertz CT molecular complexity index is 801. The third-order valence-corrected chi connectivity index (χ3v) is 5.62. The first kappa shape index (κ1) is 23.9. The van der Waals surface area contributed by atoms with Gasteiger partial charge in [-0.15, -0.1) is 0 Å². The van der Waals surface area contributed by atoms with E-state index in [2.05, 4.69) is 69.4 Å². The van der Waals surface area contributed by atoms with Gasteiger partial charge in [0.25, 0.3) is 5.91 Å². The number of hydrogen-bond acceptors (Lipinski definition) is 3. The topological polar surface area (TPSA) is 50.7 Å². The summed E-state index contributed by atoms with van der Waals surface area (Å²) in [6.07, 6.45) is 10.9. The molecule has 0 aliphatic heterocycles. The molecule has 0 spiro atoms. The molecule has 0 radical (unpaired) electrons. The summed E-state index contributed by atoms with van der Waals surface area (Å²) in [5, 5.41) is 4.20. The van der Waals surface area contributed by atoms with Gasteiger partial charge < -0.3 is 4.74 Å². The molecule has 1 aromatic carbocycles. The second-order valence-corrected chi connectivity index (χ2v) is 9.06. The number of hydrazone groups is 1. The number of benzene rings is 1. The number of nitrogens with zero attached hydrogens (tertiary/aromatic N) is 1. The standard InChI is InChI=1S/C26H38N2O2/c1-18(2)8-7-9-22-11-12-23(21(6)15-22)16-27-28-26(29)17-30-25-14-20(5)10-13-24(25)19(3)4/h8,10-11,13-14,16,19,21,23H,7,9,12,15,17H2,1-6H3,(H,28,29)/b27-16-/t21-,23-/m1/s1. The van der Waals surface area contributed by atoms with Gasteiger partial charge in [-0.3, -0.25) is 4.79 Å². The molecular formula is C26H38N2O2. The lowest BCUT2D eigenvalue weighted by Crippen LogP contribution is -2.26. The van der Waals surface area contributed by atoms with Crippen molar-refractivity contribution in [2.24, 2.45) is 16.9 Å². The molecule has 0 saturated carbocycles. The second kappa shape index (κ2) is 11.7. The van der Waals surface area contributed by atoms with Crippen molar-refractivity contribution < 1.29 is 9.53 Å². The van der Waals surface area contributed by atoms with E-state index in [4.69, 9.17) is 4.74 Å². The summed E-state index contributed by atoms with van der Waals surface area (Å²) in [6, 6.07) is 6.12. The van der Waals surface area contributed by atoms with Crippen LogP contribution in [0.25, 0.3) is 0 Å². The first-order chi connectivity index (χ1) is 14.3. The number of hydrogen-bond donors (Lipinski definition) is 1. The zero-order valence-electron chi connectivity index (χ0n) is 19.5. The van der Waals surface area contributed by atoms with E-state index in [1.807, 2.05) is 19.2 Å². The van der Waals surface area contributed by atoms with Crippen LogP contribution in [0.1, 0.15) is 77.3 Å². The van der Waals surface area contributed by atoms with Crippen molar-refractivity contribution in [3.63, 3.8) is 0 Å². The molecular weight excluding hydrogens is 372 g/mol. The van der Waals surface area contributed by atoms with Gasteiger partial charge >= 0.3 is 0 Å². The Labute approximate surface area is 182 Å². The van der Waals surface area contributed by atoms with Crippen molar-refractivity contribution in [1.82, 2.24) is 5.43 Å². The molecule has 0 aromatic heterocycles. The minimum absolute atomic E-state index is 0.0326. The molecule has 0 saturated heterocycles. The Morgan fingerprint density at radius 2 is 2.10 bits per heavy atom. The van der Waals surface area contributed by atoms with Gasteiger partial charge in [-0.1, -0.05) is 56.2 Å².